The van der Waals surface area contributed by atoms with Crippen LogP contribution in [0.15, 0.2) is 18.2 Å². The van der Waals surface area contributed by atoms with Crippen LogP contribution >= 0.6 is 11.3 Å². The molecule has 1 aromatic heterocycles. The van der Waals surface area contributed by atoms with Crippen molar-refractivity contribution in [2.24, 2.45) is 0 Å². The molecule has 2 aromatic rings. The van der Waals surface area contributed by atoms with Crippen LogP contribution in [0.25, 0.3) is 10.2 Å². The number of hydrogen-bond donors (Lipinski definition) is 1. The number of nitrogens with zero attached hydrogens (tertiary/aromatic N) is 1. The number of thiazole rings is 1. The number of benzene rings is 1. The molecule has 84 valence electrons. The summed E-state index contributed by atoms with van der Waals surface area (Å²) >= 11 is 1.85. The van der Waals surface area contributed by atoms with Crippen molar-refractivity contribution < 1.29 is 0 Å². The maximum atomic E-state index is 4.73. The molecular formula is C13H16N2S. The summed E-state index contributed by atoms with van der Waals surface area (Å²) in [6.45, 7) is 3.34. The van der Waals surface area contributed by atoms with E-state index in [2.05, 4.69) is 30.4 Å². The summed E-state index contributed by atoms with van der Waals surface area (Å²) in [4.78, 5) is 4.73. The number of aromatic nitrogens is 1. The maximum absolute atomic E-state index is 4.73. The smallest absolute Gasteiger partial charge is 0.111 e. The van der Waals surface area contributed by atoms with Gasteiger partial charge in [-0.3, -0.25) is 0 Å². The Morgan fingerprint density at radius 1 is 1.50 bits per heavy atom. The van der Waals surface area contributed by atoms with Crippen LogP contribution in [0.3, 0.4) is 0 Å². The second kappa shape index (κ2) is 4.15. The largest absolute Gasteiger partial charge is 0.308 e. The lowest BCUT2D eigenvalue weighted by atomic mass is 10.2. The minimum Gasteiger partial charge on any atom is -0.308 e. The summed E-state index contributed by atoms with van der Waals surface area (Å²) in [5, 5.41) is 4.77. The SMILES string of the molecule is CCc1ccc2nc(C3CCCN3)sc2c1. The minimum atomic E-state index is 0.502. The van der Waals surface area contributed by atoms with Gasteiger partial charge in [-0.15, -0.1) is 11.3 Å². The monoisotopic (exact) mass is 232 g/mol. The zero-order valence-corrected chi connectivity index (χ0v) is 10.3. The minimum absolute atomic E-state index is 0.502. The average Bonchev–Trinajstić information content (AvgIpc) is 2.96. The van der Waals surface area contributed by atoms with Gasteiger partial charge in [0.25, 0.3) is 0 Å². The van der Waals surface area contributed by atoms with Gasteiger partial charge in [0.05, 0.1) is 16.3 Å². The third-order valence-electron chi connectivity index (χ3n) is 3.24. The quantitative estimate of drug-likeness (QED) is 0.859. The van der Waals surface area contributed by atoms with Crippen LogP contribution in [0.2, 0.25) is 0 Å². The van der Waals surface area contributed by atoms with Gasteiger partial charge < -0.3 is 5.32 Å². The van der Waals surface area contributed by atoms with Crippen LogP contribution in [0, 0.1) is 0 Å². The maximum Gasteiger partial charge on any atom is 0.111 e. The highest BCUT2D eigenvalue weighted by atomic mass is 32.1. The number of fused-ring (bicyclic) bond motifs is 1. The van der Waals surface area contributed by atoms with E-state index in [1.54, 1.807) is 0 Å². The Balaban J connectivity index is 2.01. The van der Waals surface area contributed by atoms with Gasteiger partial charge >= 0.3 is 0 Å². The van der Waals surface area contributed by atoms with Gasteiger partial charge in [-0.1, -0.05) is 13.0 Å². The topological polar surface area (TPSA) is 24.9 Å². The highest BCUT2D eigenvalue weighted by Gasteiger charge is 2.19. The van der Waals surface area contributed by atoms with Gasteiger partial charge in [0.1, 0.15) is 5.01 Å². The molecule has 1 aromatic carbocycles. The van der Waals surface area contributed by atoms with Gasteiger partial charge in [0.15, 0.2) is 0 Å². The summed E-state index contributed by atoms with van der Waals surface area (Å²) in [5.74, 6) is 0. The van der Waals surface area contributed by atoms with E-state index < -0.39 is 0 Å². The molecule has 3 rings (SSSR count). The first-order valence-electron chi connectivity index (χ1n) is 5.99. The second-order valence-electron chi connectivity index (χ2n) is 4.36. The lowest BCUT2D eigenvalue weighted by Crippen LogP contribution is -2.12. The van der Waals surface area contributed by atoms with Gasteiger partial charge in [-0.05, 0) is 43.5 Å². The fraction of sp³-hybridized carbons (Fsp3) is 0.462. The predicted octanol–water partition coefficient (Wildman–Crippen LogP) is 3.28. The highest BCUT2D eigenvalue weighted by Crippen LogP contribution is 2.31. The molecule has 1 aliphatic heterocycles. The third kappa shape index (κ3) is 1.74. The molecule has 1 aliphatic rings. The van der Waals surface area contributed by atoms with Gasteiger partial charge in [0, 0.05) is 0 Å². The van der Waals surface area contributed by atoms with Crippen LogP contribution in [-0.2, 0) is 6.42 Å². The molecule has 0 bridgehead atoms. The first-order chi connectivity index (χ1) is 7.86. The van der Waals surface area contributed by atoms with Crippen molar-refractivity contribution in [3.8, 4) is 0 Å². The third-order valence-corrected chi connectivity index (χ3v) is 4.37. The number of rotatable bonds is 2. The first kappa shape index (κ1) is 10.2. The Labute approximate surface area is 99.7 Å². The Morgan fingerprint density at radius 3 is 3.19 bits per heavy atom. The summed E-state index contributed by atoms with van der Waals surface area (Å²) < 4.78 is 1.34. The molecule has 0 saturated carbocycles. The molecule has 1 atom stereocenters. The lowest BCUT2D eigenvalue weighted by Gasteiger charge is -2.03. The molecule has 16 heavy (non-hydrogen) atoms. The Bertz CT molecular complexity index is 498. The second-order valence-corrected chi connectivity index (χ2v) is 5.42. The van der Waals surface area contributed by atoms with E-state index in [0.717, 1.165) is 18.5 Å². The summed E-state index contributed by atoms with van der Waals surface area (Å²) in [7, 11) is 0. The average molecular weight is 232 g/mol. The van der Waals surface area contributed by atoms with Crippen LogP contribution in [-0.4, -0.2) is 11.5 Å². The molecule has 0 radical (unpaired) electrons. The lowest BCUT2D eigenvalue weighted by molar-refractivity contribution is 0.644. The molecule has 2 nitrogen and oxygen atoms in total. The predicted molar refractivity (Wildman–Crippen MR) is 69.0 cm³/mol. The van der Waals surface area contributed by atoms with Crippen molar-refractivity contribution in [3.05, 3.63) is 28.8 Å². The number of hydrogen-bond acceptors (Lipinski definition) is 3. The van der Waals surface area contributed by atoms with E-state index in [4.69, 9.17) is 4.98 Å². The van der Waals surface area contributed by atoms with E-state index in [1.165, 1.54) is 28.1 Å². The molecule has 1 saturated heterocycles. The Hall–Kier alpha value is -0.930. The van der Waals surface area contributed by atoms with E-state index in [0.29, 0.717) is 6.04 Å². The molecular weight excluding hydrogens is 216 g/mol. The van der Waals surface area contributed by atoms with E-state index in [1.807, 2.05) is 11.3 Å². The zero-order chi connectivity index (χ0) is 11.0. The standard InChI is InChI=1S/C13H16N2S/c1-2-9-5-6-10-12(8-9)16-13(15-10)11-4-3-7-14-11/h5-6,8,11,14H,2-4,7H2,1H3. The molecule has 0 spiro atoms. The van der Waals surface area contributed by atoms with Crippen molar-refractivity contribution in [1.29, 1.82) is 0 Å². The Morgan fingerprint density at radius 2 is 2.44 bits per heavy atom. The summed E-state index contributed by atoms with van der Waals surface area (Å²) in [6, 6.07) is 7.13. The molecule has 1 unspecified atom stereocenters. The van der Waals surface area contributed by atoms with Gasteiger partial charge in [-0.25, -0.2) is 4.98 Å². The Kier molecular flexibility index (Phi) is 2.65. The van der Waals surface area contributed by atoms with Gasteiger partial charge in [0.2, 0.25) is 0 Å². The molecule has 0 aliphatic carbocycles. The number of nitrogens with one attached hydrogen (secondary N) is 1. The van der Waals surface area contributed by atoms with Crippen molar-refractivity contribution in [2.45, 2.75) is 32.2 Å². The fourth-order valence-electron chi connectivity index (χ4n) is 2.25. The van der Waals surface area contributed by atoms with Crippen LogP contribution < -0.4 is 5.32 Å². The van der Waals surface area contributed by atoms with Gasteiger partial charge in [-0.2, -0.15) is 0 Å². The summed E-state index contributed by atoms with van der Waals surface area (Å²) in [6.07, 6.45) is 3.62. The first-order valence-corrected chi connectivity index (χ1v) is 6.81. The van der Waals surface area contributed by atoms with E-state index in [-0.39, 0.29) is 0 Å². The molecule has 3 heteroatoms. The fourth-order valence-corrected chi connectivity index (χ4v) is 3.39. The molecule has 1 fully saturated rings. The van der Waals surface area contributed by atoms with Crippen molar-refractivity contribution in [1.82, 2.24) is 10.3 Å². The van der Waals surface area contributed by atoms with Crippen molar-refractivity contribution in [3.63, 3.8) is 0 Å². The molecule has 0 amide bonds. The number of aryl methyl sites for hydroxylation is 1. The van der Waals surface area contributed by atoms with Crippen molar-refractivity contribution >= 4 is 21.6 Å². The van der Waals surface area contributed by atoms with Crippen LogP contribution in [0.4, 0.5) is 0 Å². The van der Waals surface area contributed by atoms with E-state index >= 15 is 0 Å². The van der Waals surface area contributed by atoms with Crippen LogP contribution in [0.1, 0.15) is 36.4 Å². The normalized spacial score (nSPS) is 20.7. The van der Waals surface area contributed by atoms with Crippen molar-refractivity contribution in [2.75, 3.05) is 6.54 Å². The van der Waals surface area contributed by atoms with Crippen LogP contribution in [0.5, 0.6) is 0 Å². The zero-order valence-electron chi connectivity index (χ0n) is 9.49. The summed E-state index contributed by atoms with van der Waals surface area (Å²) in [5.41, 5.74) is 2.56. The van der Waals surface area contributed by atoms with E-state index in [9.17, 15) is 0 Å². The highest BCUT2D eigenvalue weighted by molar-refractivity contribution is 7.18. The molecule has 2 heterocycles. The molecule has 1 N–H and O–H groups in total.